The number of methoxy groups -OCH3 is 1. The van der Waals surface area contributed by atoms with Gasteiger partial charge in [0.05, 0.1) is 18.6 Å². The number of hydrogen-bond acceptors (Lipinski definition) is 3. The number of hydrogen-bond donors (Lipinski definition) is 1. The van der Waals surface area contributed by atoms with Crippen LogP contribution in [0.25, 0.3) is 0 Å². The van der Waals surface area contributed by atoms with Crippen LogP contribution in [0.5, 0.6) is 5.75 Å². The molecule has 3 aromatic rings. The van der Waals surface area contributed by atoms with Crippen LogP contribution < -0.4 is 10.1 Å². The van der Waals surface area contributed by atoms with Crippen LogP contribution in [0, 0.1) is 0 Å². The first-order valence-electron chi connectivity index (χ1n) is 12.2. The first-order valence-corrected chi connectivity index (χ1v) is 12.6. The molecule has 0 spiro atoms. The fraction of sp³-hybridized carbons (Fsp3) is 0.250. The van der Waals surface area contributed by atoms with Gasteiger partial charge in [0, 0.05) is 30.2 Å². The molecule has 1 fully saturated rings. The third kappa shape index (κ3) is 5.42. The van der Waals surface area contributed by atoms with Crippen molar-refractivity contribution in [2.45, 2.75) is 18.1 Å². The summed E-state index contributed by atoms with van der Waals surface area (Å²) in [5, 5.41) is 4.71. The molecule has 0 aliphatic carbocycles. The lowest BCUT2D eigenvalue weighted by Crippen LogP contribution is -2.55. The molecule has 11 heteroatoms. The third-order valence-corrected chi connectivity index (χ3v) is 7.03. The zero-order chi connectivity index (χ0) is 27.7. The summed E-state index contributed by atoms with van der Waals surface area (Å²) in [6, 6.07) is 17.9. The Morgan fingerprint density at radius 3 is 2.38 bits per heavy atom. The van der Waals surface area contributed by atoms with Crippen LogP contribution in [-0.4, -0.2) is 59.5 Å². The van der Waals surface area contributed by atoms with E-state index in [0.717, 1.165) is 12.1 Å². The zero-order valence-electron chi connectivity index (χ0n) is 20.9. The Balaban J connectivity index is 1.65. The molecule has 1 saturated heterocycles. The van der Waals surface area contributed by atoms with Gasteiger partial charge in [0.1, 0.15) is 18.3 Å². The molecule has 2 atom stereocenters. The number of hydrazine groups is 1. The van der Waals surface area contributed by atoms with Gasteiger partial charge in [-0.2, -0.15) is 13.2 Å². The van der Waals surface area contributed by atoms with Crippen molar-refractivity contribution in [1.82, 2.24) is 15.2 Å². The molecular weight excluding hydrogens is 533 g/mol. The fourth-order valence-electron chi connectivity index (χ4n) is 4.90. The highest BCUT2D eigenvalue weighted by atomic mass is 35.5. The molecule has 0 bridgehead atoms. The number of rotatable bonds is 4. The molecule has 3 aromatic carbocycles. The summed E-state index contributed by atoms with van der Waals surface area (Å²) in [6.07, 6.45) is -2.67. The van der Waals surface area contributed by atoms with Crippen molar-refractivity contribution in [3.63, 3.8) is 0 Å². The maximum Gasteiger partial charge on any atom is 0.416 e. The second-order valence-electron chi connectivity index (χ2n) is 9.24. The summed E-state index contributed by atoms with van der Waals surface area (Å²) in [7, 11) is 1.55. The van der Waals surface area contributed by atoms with E-state index in [-0.39, 0.29) is 12.5 Å². The molecule has 202 valence electrons. The van der Waals surface area contributed by atoms with Gasteiger partial charge in [0.2, 0.25) is 11.6 Å². The molecule has 2 heterocycles. The van der Waals surface area contributed by atoms with E-state index >= 15 is 0 Å². The van der Waals surface area contributed by atoms with Gasteiger partial charge in [-0.05, 0) is 47.5 Å². The number of amides is 3. The van der Waals surface area contributed by atoms with E-state index in [2.05, 4.69) is 5.32 Å². The van der Waals surface area contributed by atoms with Crippen LogP contribution in [-0.2, 0) is 11.0 Å². The van der Waals surface area contributed by atoms with E-state index < -0.39 is 29.7 Å². The van der Waals surface area contributed by atoms with Gasteiger partial charge in [-0.3, -0.25) is 4.79 Å². The lowest BCUT2D eigenvalue weighted by molar-refractivity contribution is -0.596. The Morgan fingerprint density at radius 1 is 1.05 bits per heavy atom. The monoisotopic (exact) mass is 557 g/mol. The summed E-state index contributed by atoms with van der Waals surface area (Å²) in [5.74, 6) is -0.183. The highest BCUT2D eigenvalue weighted by Gasteiger charge is 2.50. The van der Waals surface area contributed by atoms with E-state index in [9.17, 15) is 22.8 Å². The normalized spacial score (nSPS) is 19.5. The third-order valence-electron chi connectivity index (χ3n) is 6.79. The number of ether oxygens (including phenoxy) is 1. The standard InChI is InChI=1S/C28H24ClF3N4O3/c1-39-23-11-9-22(10-12-23)35-16-24(18-5-7-20(8-6-18)28(30,31)32)26(19-3-2-4-21(29)15-19)36(35)27(38)34-14-13-33-25(37)17-34/h2-12,15-16,24,26H,13-14,17H2,1H3/p+1. The maximum absolute atomic E-state index is 14.1. The summed E-state index contributed by atoms with van der Waals surface area (Å²) < 4.78 is 46.9. The van der Waals surface area contributed by atoms with Gasteiger partial charge in [-0.25, -0.2) is 4.79 Å². The number of hydrazone groups is 1. The Morgan fingerprint density at radius 2 is 1.77 bits per heavy atom. The van der Waals surface area contributed by atoms with E-state index in [0.29, 0.717) is 40.7 Å². The summed E-state index contributed by atoms with van der Waals surface area (Å²) in [5.41, 5.74) is 1.14. The van der Waals surface area contributed by atoms with Crippen LogP contribution >= 0.6 is 11.6 Å². The molecule has 2 aliphatic heterocycles. The van der Waals surface area contributed by atoms with Crippen LogP contribution in [0.1, 0.15) is 28.7 Å². The van der Waals surface area contributed by atoms with Crippen molar-refractivity contribution in [3.05, 3.63) is 94.5 Å². The first-order chi connectivity index (χ1) is 18.7. The summed E-state index contributed by atoms with van der Waals surface area (Å²) in [4.78, 5) is 27.7. The predicted octanol–water partition coefficient (Wildman–Crippen LogP) is 5.39. The van der Waals surface area contributed by atoms with Crippen molar-refractivity contribution in [3.8, 4) is 5.75 Å². The number of nitrogens with one attached hydrogen (secondary N) is 1. The van der Waals surface area contributed by atoms with Gasteiger partial charge in [-0.1, -0.05) is 45.6 Å². The van der Waals surface area contributed by atoms with Crippen molar-refractivity contribution in [2.75, 3.05) is 26.7 Å². The number of benzene rings is 3. The molecule has 5 rings (SSSR count). The van der Waals surface area contributed by atoms with Crippen LogP contribution in [0.15, 0.2) is 72.8 Å². The molecule has 3 amide bonds. The zero-order valence-corrected chi connectivity index (χ0v) is 21.6. The minimum atomic E-state index is -4.48. The number of nitrogens with zero attached hydrogens (tertiary/aromatic N) is 3. The minimum absolute atomic E-state index is 0.112. The van der Waals surface area contributed by atoms with Gasteiger partial charge in [0.15, 0.2) is 6.21 Å². The van der Waals surface area contributed by atoms with Crippen LogP contribution in [0.3, 0.4) is 0 Å². The number of urea groups is 1. The molecule has 39 heavy (non-hydrogen) atoms. The molecule has 0 aromatic heterocycles. The highest BCUT2D eigenvalue weighted by molar-refractivity contribution is 6.30. The topological polar surface area (TPSA) is 64.9 Å². The van der Waals surface area contributed by atoms with E-state index in [1.807, 2.05) is 6.07 Å². The Kier molecular flexibility index (Phi) is 7.22. The SMILES string of the molecule is COc1ccc([N+]2=CC(c3ccc(C(F)(F)F)cc3)C(c3cccc(Cl)c3)N2C(=O)N2CCNC(=O)C2)cc1. The van der Waals surface area contributed by atoms with Crippen molar-refractivity contribution in [2.24, 2.45) is 0 Å². The summed E-state index contributed by atoms with van der Waals surface area (Å²) >= 11 is 6.34. The number of halogens is 4. The highest BCUT2D eigenvalue weighted by Crippen LogP contribution is 2.43. The van der Waals surface area contributed by atoms with Gasteiger partial charge < -0.3 is 15.0 Å². The Bertz CT molecular complexity index is 1410. The number of carbonyl (C=O) groups is 2. The molecule has 2 unspecified atom stereocenters. The quantitative estimate of drug-likeness (QED) is 0.438. The van der Waals surface area contributed by atoms with Crippen LogP contribution in [0.2, 0.25) is 5.02 Å². The lowest BCUT2D eigenvalue weighted by Gasteiger charge is -2.32. The molecular formula is C28H25ClF3N4O3+. The maximum atomic E-state index is 14.1. The average molecular weight is 558 g/mol. The molecule has 7 nitrogen and oxygen atoms in total. The van der Waals surface area contributed by atoms with Crippen molar-refractivity contribution in [1.29, 1.82) is 0 Å². The lowest BCUT2D eigenvalue weighted by atomic mass is 9.88. The first kappa shape index (κ1) is 26.6. The minimum Gasteiger partial charge on any atom is -0.497 e. The molecule has 0 saturated carbocycles. The van der Waals surface area contributed by atoms with Crippen molar-refractivity contribution < 1.29 is 32.2 Å². The molecule has 0 radical (unpaired) electrons. The largest absolute Gasteiger partial charge is 0.497 e. The van der Waals surface area contributed by atoms with E-state index in [1.54, 1.807) is 60.5 Å². The van der Waals surface area contributed by atoms with Gasteiger partial charge >= 0.3 is 12.2 Å². The van der Waals surface area contributed by atoms with E-state index in [4.69, 9.17) is 16.3 Å². The molecule has 2 aliphatic rings. The smallest absolute Gasteiger partial charge is 0.416 e. The Labute approximate surface area is 228 Å². The van der Waals surface area contributed by atoms with Gasteiger partial charge in [0.25, 0.3) is 0 Å². The Hall–Kier alpha value is -4.05. The molecule has 1 N–H and O–H groups in total. The second kappa shape index (κ2) is 10.6. The fourth-order valence-corrected chi connectivity index (χ4v) is 5.10. The van der Waals surface area contributed by atoms with E-state index in [1.165, 1.54) is 22.0 Å². The average Bonchev–Trinajstić information content (AvgIpc) is 3.33. The predicted molar refractivity (Wildman–Crippen MR) is 139 cm³/mol. The van der Waals surface area contributed by atoms with Crippen LogP contribution in [0.4, 0.5) is 23.7 Å². The summed E-state index contributed by atoms with van der Waals surface area (Å²) in [6.45, 7) is 0.512. The second-order valence-corrected chi connectivity index (χ2v) is 9.67. The number of piperazine rings is 1. The number of carbonyl (C=O) groups excluding carboxylic acids is 2. The van der Waals surface area contributed by atoms with Crippen molar-refractivity contribution >= 4 is 35.4 Å². The number of alkyl halides is 3. The van der Waals surface area contributed by atoms with Gasteiger partial charge in [-0.15, -0.1) is 0 Å².